The number of rotatable bonds is 4. The van der Waals surface area contributed by atoms with E-state index < -0.39 is 11.7 Å². The number of fused-ring (bicyclic) bond motifs is 1. The molecule has 2 nitrogen and oxygen atoms in total. The van der Waals surface area contributed by atoms with Gasteiger partial charge < -0.3 is 4.74 Å². The van der Waals surface area contributed by atoms with Crippen LogP contribution in [0.25, 0.3) is 11.1 Å². The average molecular weight is 411 g/mol. The summed E-state index contributed by atoms with van der Waals surface area (Å²) in [6.45, 7) is 2.85. The quantitative estimate of drug-likeness (QED) is 0.524. The lowest BCUT2D eigenvalue weighted by atomic mass is 10.0. The summed E-state index contributed by atoms with van der Waals surface area (Å²) in [5.41, 5.74) is 5.03. The zero-order chi connectivity index (χ0) is 21.1. The van der Waals surface area contributed by atoms with Crippen LogP contribution >= 0.6 is 0 Å². The molecule has 3 aromatic carbocycles. The Labute approximate surface area is 174 Å². The lowest BCUT2D eigenvalue weighted by Gasteiger charge is -2.20. The molecule has 30 heavy (non-hydrogen) atoms. The lowest BCUT2D eigenvalue weighted by Crippen LogP contribution is -2.25. The second-order valence-electron chi connectivity index (χ2n) is 7.68. The van der Waals surface area contributed by atoms with E-state index in [1.807, 2.05) is 18.2 Å². The van der Waals surface area contributed by atoms with Gasteiger partial charge in [-0.25, -0.2) is 0 Å². The molecule has 0 aromatic heterocycles. The lowest BCUT2D eigenvalue weighted by molar-refractivity contribution is -0.137. The predicted octanol–water partition coefficient (Wildman–Crippen LogP) is 5.98. The van der Waals surface area contributed by atoms with Gasteiger partial charge in [0.2, 0.25) is 0 Å². The van der Waals surface area contributed by atoms with Gasteiger partial charge in [-0.1, -0.05) is 42.5 Å². The largest absolute Gasteiger partial charge is 0.497 e. The molecule has 156 valence electrons. The molecule has 3 aromatic rings. The minimum absolute atomic E-state index is 0.623. The van der Waals surface area contributed by atoms with Crippen LogP contribution in [0, 0.1) is 0 Å². The summed E-state index contributed by atoms with van der Waals surface area (Å²) in [4.78, 5) is 2.44. The van der Waals surface area contributed by atoms with Gasteiger partial charge in [0.05, 0.1) is 12.7 Å². The summed E-state index contributed by atoms with van der Waals surface area (Å²) in [5, 5.41) is 0. The highest BCUT2D eigenvalue weighted by molar-refractivity contribution is 5.64. The number of ether oxygens (including phenoxy) is 1. The first-order chi connectivity index (χ1) is 14.4. The molecule has 0 atom stereocenters. The Balaban J connectivity index is 1.40. The molecule has 0 radical (unpaired) electrons. The van der Waals surface area contributed by atoms with E-state index in [2.05, 4.69) is 29.2 Å². The molecule has 5 heteroatoms. The summed E-state index contributed by atoms with van der Waals surface area (Å²) in [7, 11) is 1.69. The molecule has 1 aliphatic rings. The van der Waals surface area contributed by atoms with Gasteiger partial charge in [-0.2, -0.15) is 13.2 Å². The molecule has 0 amide bonds. The van der Waals surface area contributed by atoms with E-state index in [-0.39, 0.29) is 0 Å². The number of halogens is 3. The molecular formula is C25H24F3NO. The topological polar surface area (TPSA) is 12.5 Å². The van der Waals surface area contributed by atoms with Crippen LogP contribution in [0.2, 0.25) is 0 Å². The number of methoxy groups -OCH3 is 1. The van der Waals surface area contributed by atoms with Crippen LogP contribution in [0.5, 0.6) is 5.75 Å². The first-order valence-corrected chi connectivity index (χ1v) is 10.1. The van der Waals surface area contributed by atoms with Gasteiger partial charge in [-0.3, -0.25) is 4.90 Å². The van der Waals surface area contributed by atoms with Gasteiger partial charge >= 0.3 is 6.18 Å². The van der Waals surface area contributed by atoms with Crippen molar-refractivity contribution in [3.05, 3.63) is 89.0 Å². The van der Waals surface area contributed by atoms with E-state index in [0.717, 1.165) is 61.5 Å². The van der Waals surface area contributed by atoms with Crippen molar-refractivity contribution in [2.24, 2.45) is 0 Å². The summed E-state index contributed by atoms with van der Waals surface area (Å²) < 4.78 is 43.6. The highest BCUT2D eigenvalue weighted by Crippen LogP contribution is 2.31. The monoisotopic (exact) mass is 411 g/mol. The van der Waals surface area contributed by atoms with Crippen LogP contribution < -0.4 is 4.74 Å². The molecule has 1 heterocycles. The third-order valence-electron chi connectivity index (χ3n) is 5.71. The normalized spacial score (nSPS) is 14.8. The van der Waals surface area contributed by atoms with Crippen molar-refractivity contribution in [3.63, 3.8) is 0 Å². The van der Waals surface area contributed by atoms with Crippen LogP contribution in [0.4, 0.5) is 13.2 Å². The molecule has 0 bridgehead atoms. The first-order valence-electron chi connectivity index (χ1n) is 10.1. The molecule has 0 saturated carbocycles. The Kier molecular flexibility index (Phi) is 5.82. The Bertz CT molecular complexity index is 994. The molecule has 0 spiro atoms. The third kappa shape index (κ3) is 4.68. The van der Waals surface area contributed by atoms with Crippen LogP contribution in [0.1, 0.15) is 22.3 Å². The predicted molar refractivity (Wildman–Crippen MR) is 113 cm³/mol. The van der Waals surface area contributed by atoms with E-state index in [9.17, 15) is 13.2 Å². The van der Waals surface area contributed by atoms with Crippen LogP contribution in [-0.4, -0.2) is 25.1 Å². The molecule has 0 fully saturated rings. The Morgan fingerprint density at radius 3 is 2.00 bits per heavy atom. The van der Waals surface area contributed by atoms with Crippen LogP contribution in [-0.2, 0) is 25.6 Å². The van der Waals surface area contributed by atoms with Crippen molar-refractivity contribution < 1.29 is 17.9 Å². The molecule has 0 N–H and O–H groups in total. The van der Waals surface area contributed by atoms with E-state index in [1.165, 1.54) is 28.8 Å². The fourth-order valence-corrected chi connectivity index (χ4v) is 3.95. The minimum atomic E-state index is -4.31. The summed E-state index contributed by atoms with van der Waals surface area (Å²) in [6, 6.07) is 19.7. The maximum absolute atomic E-state index is 12.7. The van der Waals surface area contributed by atoms with Crippen molar-refractivity contribution in [3.8, 4) is 16.9 Å². The third-order valence-corrected chi connectivity index (χ3v) is 5.71. The molecule has 1 aliphatic heterocycles. The number of hydrogen-bond acceptors (Lipinski definition) is 2. The molecule has 4 rings (SSSR count). The SMILES string of the molecule is COc1ccc2c(c1)CCN(Cc1ccc(-c3ccc(C(F)(F)F)cc3)cc1)CC2. The number of alkyl halides is 3. The zero-order valence-electron chi connectivity index (χ0n) is 16.9. The van der Waals surface area contributed by atoms with Crippen molar-refractivity contribution in [1.29, 1.82) is 0 Å². The van der Waals surface area contributed by atoms with Gasteiger partial charge in [0.1, 0.15) is 5.75 Å². The fourth-order valence-electron chi connectivity index (χ4n) is 3.95. The highest BCUT2D eigenvalue weighted by atomic mass is 19.4. The first kappa shape index (κ1) is 20.5. The zero-order valence-corrected chi connectivity index (χ0v) is 16.9. The Morgan fingerprint density at radius 1 is 0.800 bits per heavy atom. The number of nitrogens with zero attached hydrogens (tertiary/aromatic N) is 1. The van der Waals surface area contributed by atoms with Crippen molar-refractivity contribution in [2.45, 2.75) is 25.6 Å². The number of hydrogen-bond donors (Lipinski definition) is 0. The van der Waals surface area contributed by atoms with Gasteiger partial charge in [-0.15, -0.1) is 0 Å². The highest BCUT2D eigenvalue weighted by Gasteiger charge is 2.29. The smallest absolute Gasteiger partial charge is 0.416 e. The van der Waals surface area contributed by atoms with Gasteiger partial charge in [0.15, 0.2) is 0 Å². The van der Waals surface area contributed by atoms with E-state index in [4.69, 9.17) is 4.74 Å². The molecule has 0 aliphatic carbocycles. The minimum Gasteiger partial charge on any atom is -0.497 e. The van der Waals surface area contributed by atoms with Gasteiger partial charge in [-0.05, 0) is 64.9 Å². The summed E-state index contributed by atoms with van der Waals surface area (Å²) in [5.74, 6) is 0.904. The van der Waals surface area contributed by atoms with Gasteiger partial charge in [0, 0.05) is 19.6 Å². The van der Waals surface area contributed by atoms with E-state index >= 15 is 0 Å². The van der Waals surface area contributed by atoms with Crippen LogP contribution in [0.3, 0.4) is 0 Å². The summed E-state index contributed by atoms with van der Waals surface area (Å²) in [6.07, 6.45) is -2.29. The van der Waals surface area contributed by atoms with Crippen molar-refractivity contribution >= 4 is 0 Å². The van der Waals surface area contributed by atoms with Crippen LogP contribution in [0.15, 0.2) is 66.7 Å². The Morgan fingerprint density at radius 2 is 1.40 bits per heavy atom. The van der Waals surface area contributed by atoms with Crippen molar-refractivity contribution in [1.82, 2.24) is 4.90 Å². The average Bonchev–Trinajstić information content (AvgIpc) is 2.95. The fraction of sp³-hybridized carbons (Fsp3) is 0.280. The molecule has 0 saturated heterocycles. The molecular weight excluding hydrogens is 387 g/mol. The van der Waals surface area contributed by atoms with E-state index in [0.29, 0.717) is 0 Å². The maximum Gasteiger partial charge on any atom is 0.416 e. The second kappa shape index (κ2) is 8.52. The maximum atomic E-state index is 12.7. The van der Waals surface area contributed by atoms with E-state index in [1.54, 1.807) is 7.11 Å². The van der Waals surface area contributed by atoms with Crippen molar-refractivity contribution in [2.75, 3.05) is 20.2 Å². The molecule has 0 unspecified atom stereocenters. The second-order valence-corrected chi connectivity index (χ2v) is 7.68. The summed E-state index contributed by atoms with van der Waals surface area (Å²) >= 11 is 0. The standard InChI is InChI=1S/C25H24F3NO/c1-30-24-11-8-21-12-14-29(15-13-22(21)16-24)17-18-2-4-19(5-3-18)20-6-9-23(10-7-20)25(26,27)28/h2-11,16H,12-15,17H2,1H3. The van der Waals surface area contributed by atoms with Gasteiger partial charge in [0.25, 0.3) is 0 Å². The Hall–Kier alpha value is -2.79. The number of benzene rings is 3.